The number of fused-ring (bicyclic) bond motifs is 1. The van der Waals surface area contributed by atoms with E-state index in [1.807, 2.05) is 24.3 Å². The van der Waals surface area contributed by atoms with Gasteiger partial charge in [-0.15, -0.1) is 0 Å². The molecule has 0 saturated carbocycles. The Morgan fingerprint density at radius 2 is 1.77 bits per heavy atom. The molecule has 1 aliphatic rings. The molecule has 2 heterocycles. The minimum Gasteiger partial charge on any atom is -0.508 e. The summed E-state index contributed by atoms with van der Waals surface area (Å²) in [4.78, 5) is 29.6. The van der Waals surface area contributed by atoms with Gasteiger partial charge in [-0.25, -0.2) is 0 Å². The highest BCUT2D eigenvalue weighted by Crippen LogP contribution is 2.35. The lowest BCUT2D eigenvalue weighted by Crippen LogP contribution is -2.49. The second-order valence-electron chi connectivity index (χ2n) is 9.22. The number of aromatic hydroxyl groups is 2. The van der Waals surface area contributed by atoms with Crippen LogP contribution in [0, 0.1) is 0 Å². The summed E-state index contributed by atoms with van der Waals surface area (Å²) in [5.41, 5.74) is 1.13. The normalized spacial score (nSPS) is 13.9. The van der Waals surface area contributed by atoms with E-state index in [1.165, 1.54) is 19.2 Å². The van der Waals surface area contributed by atoms with Crippen molar-refractivity contribution in [2.45, 2.75) is 6.54 Å². The number of amides is 1. The maximum atomic E-state index is 12.9. The lowest BCUT2D eigenvalue weighted by Gasteiger charge is -2.34. The summed E-state index contributed by atoms with van der Waals surface area (Å²) < 4.78 is 17.0. The van der Waals surface area contributed by atoms with Crippen LogP contribution in [-0.4, -0.2) is 65.8 Å². The number of hydrogen-bond donors (Lipinski definition) is 2. The molecule has 39 heavy (non-hydrogen) atoms. The van der Waals surface area contributed by atoms with Gasteiger partial charge in [-0.1, -0.05) is 29.8 Å². The third kappa shape index (κ3) is 5.79. The van der Waals surface area contributed by atoms with Crippen LogP contribution < -0.4 is 14.9 Å². The number of phenols is 2. The van der Waals surface area contributed by atoms with Crippen LogP contribution >= 0.6 is 11.6 Å². The van der Waals surface area contributed by atoms with E-state index in [0.717, 1.165) is 36.3 Å². The number of ether oxygens (including phenoxy) is 2. The fraction of sp³-hybridized carbons (Fsp3) is 0.241. The van der Waals surface area contributed by atoms with Crippen LogP contribution in [0.25, 0.3) is 22.3 Å². The number of carbonyl (C=O) groups is 1. The van der Waals surface area contributed by atoms with Gasteiger partial charge < -0.3 is 29.0 Å². The van der Waals surface area contributed by atoms with Crippen molar-refractivity contribution in [2.75, 3.05) is 39.9 Å². The lowest BCUT2D eigenvalue weighted by molar-refractivity contribution is -0.135. The molecule has 1 amide bonds. The first kappa shape index (κ1) is 26.4. The first-order valence-corrected chi connectivity index (χ1v) is 12.7. The van der Waals surface area contributed by atoms with Crippen molar-refractivity contribution in [1.82, 2.24) is 9.80 Å². The zero-order chi connectivity index (χ0) is 27.5. The van der Waals surface area contributed by atoms with Crippen molar-refractivity contribution >= 4 is 28.5 Å². The predicted molar refractivity (Wildman–Crippen MR) is 147 cm³/mol. The highest BCUT2D eigenvalue weighted by atomic mass is 35.5. The van der Waals surface area contributed by atoms with Gasteiger partial charge in [0.2, 0.25) is 0 Å². The number of halogens is 1. The number of nitrogens with zero attached hydrogens (tertiary/aromatic N) is 2. The molecule has 9 nitrogen and oxygen atoms in total. The summed E-state index contributed by atoms with van der Waals surface area (Å²) >= 11 is 6.28. The van der Waals surface area contributed by atoms with Crippen molar-refractivity contribution < 1.29 is 28.9 Å². The smallest absolute Gasteiger partial charge is 0.260 e. The van der Waals surface area contributed by atoms with Crippen LogP contribution in [0.15, 0.2) is 69.9 Å². The van der Waals surface area contributed by atoms with Crippen molar-refractivity contribution in [3.63, 3.8) is 0 Å². The van der Waals surface area contributed by atoms with Crippen LogP contribution in [0.5, 0.6) is 23.0 Å². The Kier molecular flexibility index (Phi) is 7.63. The Hall–Kier alpha value is -4.21. The number of benzene rings is 3. The highest BCUT2D eigenvalue weighted by Gasteiger charge is 2.23. The fourth-order valence-electron chi connectivity index (χ4n) is 4.59. The van der Waals surface area contributed by atoms with Crippen LogP contribution in [0.4, 0.5) is 0 Å². The monoisotopic (exact) mass is 550 g/mol. The Morgan fingerprint density at radius 1 is 1.00 bits per heavy atom. The number of piperazine rings is 1. The first-order chi connectivity index (χ1) is 18.8. The molecule has 0 unspecified atom stereocenters. The van der Waals surface area contributed by atoms with Crippen molar-refractivity contribution in [3.05, 3.63) is 81.5 Å². The van der Waals surface area contributed by atoms with E-state index in [-0.39, 0.29) is 40.7 Å². The molecule has 1 aliphatic heterocycles. The maximum Gasteiger partial charge on any atom is 0.260 e. The van der Waals surface area contributed by atoms with Gasteiger partial charge in [0.1, 0.15) is 28.2 Å². The Bertz CT molecular complexity index is 1580. The van der Waals surface area contributed by atoms with Crippen molar-refractivity contribution in [2.24, 2.45) is 0 Å². The van der Waals surface area contributed by atoms with Crippen LogP contribution in [0.2, 0.25) is 5.02 Å². The topological polar surface area (TPSA) is 113 Å². The minimum atomic E-state index is -0.467. The molecule has 5 rings (SSSR count). The number of phenolic OH excluding ortho intramolecular Hbond substituents is 2. The van der Waals surface area contributed by atoms with E-state index in [4.69, 9.17) is 25.5 Å². The zero-order valence-electron chi connectivity index (χ0n) is 21.2. The first-order valence-electron chi connectivity index (χ1n) is 12.4. The quantitative estimate of drug-likeness (QED) is 0.351. The Balaban J connectivity index is 1.26. The van der Waals surface area contributed by atoms with Crippen LogP contribution in [0.1, 0.15) is 5.56 Å². The maximum absolute atomic E-state index is 12.9. The van der Waals surface area contributed by atoms with Gasteiger partial charge in [-0.05, 0) is 29.8 Å². The van der Waals surface area contributed by atoms with Crippen molar-refractivity contribution in [3.8, 4) is 34.3 Å². The zero-order valence-corrected chi connectivity index (χ0v) is 22.0. The van der Waals surface area contributed by atoms with Gasteiger partial charge in [0, 0.05) is 61.5 Å². The van der Waals surface area contributed by atoms with Gasteiger partial charge in [0.15, 0.2) is 23.5 Å². The second-order valence-corrected chi connectivity index (χ2v) is 9.62. The molecule has 0 atom stereocenters. The summed E-state index contributed by atoms with van der Waals surface area (Å²) in [6.45, 7) is 3.14. The molecular formula is C29H27ClN2O7. The van der Waals surface area contributed by atoms with E-state index in [2.05, 4.69) is 4.90 Å². The molecule has 10 heteroatoms. The number of hydrogen-bond acceptors (Lipinski definition) is 8. The molecule has 3 aromatic carbocycles. The summed E-state index contributed by atoms with van der Waals surface area (Å²) in [5.74, 6) is 0.167. The molecule has 2 N–H and O–H groups in total. The van der Waals surface area contributed by atoms with Crippen molar-refractivity contribution in [1.29, 1.82) is 0 Å². The molecule has 1 saturated heterocycles. The van der Waals surface area contributed by atoms with Gasteiger partial charge in [-0.3, -0.25) is 14.5 Å². The van der Waals surface area contributed by atoms with E-state index in [0.29, 0.717) is 30.2 Å². The SMILES string of the molecule is COc1ccc(-c2cc(=O)c3c(O)cc(O)cc3o2)cc1OCC(=O)N1CCN(Cc2ccccc2Cl)CC1. The highest BCUT2D eigenvalue weighted by molar-refractivity contribution is 6.31. The number of rotatable bonds is 7. The van der Waals surface area contributed by atoms with E-state index >= 15 is 0 Å². The Labute approximate surface area is 229 Å². The summed E-state index contributed by atoms with van der Waals surface area (Å²) in [7, 11) is 1.49. The van der Waals surface area contributed by atoms with Gasteiger partial charge in [0.05, 0.1) is 7.11 Å². The standard InChI is InChI=1S/C29H27ClN2O7/c1-37-24-7-6-18(25-15-23(35)29-22(34)13-20(33)14-27(29)39-25)12-26(24)38-17-28(36)32-10-8-31(9-11-32)16-19-4-2-3-5-21(19)30/h2-7,12-15,33-34H,8-11,16-17H2,1H3. The fourth-order valence-corrected chi connectivity index (χ4v) is 4.79. The summed E-state index contributed by atoms with van der Waals surface area (Å²) in [5, 5.41) is 20.5. The average molecular weight is 551 g/mol. The third-order valence-corrected chi connectivity index (χ3v) is 7.04. The molecular weight excluding hydrogens is 524 g/mol. The van der Waals surface area contributed by atoms with E-state index in [9.17, 15) is 19.8 Å². The Morgan fingerprint density at radius 3 is 2.51 bits per heavy atom. The van der Waals surface area contributed by atoms with E-state index in [1.54, 1.807) is 23.1 Å². The van der Waals surface area contributed by atoms with Crippen LogP contribution in [0.3, 0.4) is 0 Å². The molecule has 202 valence electrons. The summed E-state index contributed by atoms with van der Waals surface area (Å²) in [6, 6.07) is 16.3. The minimum absolute atomic E-state index is 0.0286. The number of methoxy groups -OCH3 is 1. The molecule has 4 aromatic rings. The largest absolute Gasteiger partial charge is 0.508 e. The average Bonchev–Trinajstić information content (AvgIpc) is 2.92. The lowest BCUT2D eigenvalue weighted by atomic mass is 10.1. The molecule has 1 aromatic heterocycles. The molecule has 0 bridgehead atoms. The molecule has 0 aliphatic carbocycles. The summed E-state index contributed by atoms with van der Waals surface area (Å²) in [6.07, 6.45) is 0. The second kappa shape index (κ2) is 11.3. The number of carbonyl (C=O) groups excluding carboxylic acids is 1. The molecule has 0 radical (unpaired) electrons. The predicted octanol–water partition coefficient (Wildman–Crippen LogP) is 4.26. The van der Waals surface area contributed by atoms with E-state index < -0.39 is 5.43 Å². The van der Waals surface area contributed by atoms with Crippen LogP contribution in [-0.2, 0) is 11.3 Å². The molecule has 1 fully saturated rings. The van der Waals surface area contributed by atoms with Gasteiger partial charge in [0.25, 0.3) is 5.91 Å². The molecule has 0 spiro atoms. The van der Waals surface area contributed by atoms with Gasteiger partial charge in [-0.2, -0.15) is 0 Å². The third-order valence-electron chi connectivity index (χ3n) is 6.67. The van der Waals surface area contributed by atoms with Gasteiger partial charge >= 0.3 is 0 Å².